The van der Waals surface area contributed by atoms with Crippen molar-refractivity contribution in [2.45, 2.75) is 45.3 Å². The van der Waals surface area contributed by atoms with E-state index in [1.165, 1.54) is 0 Å². The molecule has 0 aromatic carbocycles. The number of nitrogens with zero attached hydrogens (tertiary/aromatic N) is 4. The highest BCUT2D eigenvalue weighted by atomic mass is 16.5. The Morgan fingerprint density at radius 1 is 1.35 bits per heavy atom. The van der Waals surface area contributed by atoms with E-state index in [-0.39, 0.29) is 6.10 Å². The fourth-order valence-electron chi connectivity index (χ4n) is 2.47. The molecule has 1 aliphatic heterocycles. The SMILES string of the molecule is CCc1nnc(N2CC(OC)CC2C(=O)O)nc1CC. The monoisotopic (exact) mass is 280 g/mol. The normalized spacial score (nSPS) is 22.2. The second-order valence-electron chi connectivity index (χ2n) is 4.81. The van der Waals surface area contributed by atoms with Gasteiger partial charge in [0.25, 0.3) is 0 Å². The number of rotatable bonds is 5. The zero-order valence-electron chi connectivity index (χ0n) is 12.0. The van der Waals surface area contributed by atoms with Gasteiger partial charge in [-0.15, -0.1) is 5.10 Å². The van der Waals surface area contributed by atoms with Crippen LogP contribution < -0.4 is 4.90 Å². The highest BCUT2D eigenvalue weighted by Gasteiger charge is 2.38. The van der Waals surface area contributed by atoms with Gasteiger partial charge >= 0.3 is 5.97 Å². The third kappa shape index (κ3) is 2.72. The molecular formula is C13H20N4O3. The van der Waals surface area contributed by atoms with Crippen molar-refractivity contribution in [2.75, 3.05) is 18.6 Å². The summed E-state index contributed by atoms with van der Waals surface area (Å²) >= 11 is 0. The molecule has 2 rings (SSSR count). The number of anilines is 1. The first-order chi connectivity index (χ1) is 9.60. The Morgan fingerprint density at radius 2 is 2.05 bits per heavy atom. The molecule has 20 heavy (non-hydrogen) atoms. The standard InChI is InChI=1S/C13H20N4O3/c1-4-9-10(5-2)15-16-13(14-9)17-7-8(20-3)6-11(17)12(18)19/h8,11H,4-7H2,1-3H3,(H,18,19). The smallest absolute Gasteiger partial charge is 0.326 e. The highest BCUT2D eigenvalue weighted by molar-refractivity contribution is 5.78. The number of ether oxygens (including phenoxy) is 1. The van der Waals surface area contributed by atoms with Gasteiger partial charge in [0.05, 0.1) is 17.5 Å². The van der Waals surface area contributed by atoms with Crippen molar-refractivity contribution >= 4 is 11.9 Å². The number of carboxylic acids is 1. The summed E-state index contributed by atoms with van der Waals surface area (Å²) in [6.07, 6.45) is 1.85. The molecule has 2 heterocycles. The van der Waals surface area contributed by atoms with Crippen molar-refractivity contribution in [1.82, 2.24) is 15.2 Å². The molecule has 0 radical (unpaired) electrons. The minimum Gasteiger partial charge on any atom is -0.480 e. The molecule has 110 valence electrons. The average Bonchev–Trinajstić information content (AvgIpc) is 2.91. The van der Waals surface area contributed by atoms with E-state index in [9.17, 15) is 9.90 Å². The number of aliphatic carboxylic acids is 1. The van der Waals surface area contributed by atoms with E-state index in [2.05, 4.69) is 15.2 Å². The van der Waals surface area contributed by atoms with Crippen molar-refractivity contribution in [3.8, 4) is 0 Å². The Balaban J connectivity index is 2.31. The molecule has 0 spiro atoms. The zero-order valence-corrected chi connectivity index (χ0v) is 12.0. The molecule has 0 bridgehead atoms. The Hall–Kier alpha value is -1.76. The van der Waals surface area contributed by atoms with Crippen LogP contribution in [0.1, 0.15) is 31.7 Å². The van der Waals surface area contributed by atoms with E-state index in [4.69, 9.17) is 4.74 Å². The third-order valence-electron chi connectivity index (χ3n) is 3.64. The van der Waals surface area contributed by atoms with Crippen LogP contribution in [0.25, 0.3) is 0 Å². The van der Waals surface area contributed by atoms with Gasteiger partial charge in [-0.1, -0.05) is 13.8 Å². The molecule has 0 amide bonds. The Kier molecular flexibility index (Phi) is 4.49. The van der Waals surface area contributed by atoms with Crippen molar-refractivity contribution in [2.24, 2.45) is 0 Å². The second kappa shape index (κ2) is 6.13. The molecule has 2 unspecified atom stereocenters. The highest BCUT2D eigenvalue weighted by Crippen LogP contribution is 2.24. The molecule has 1 aliphatic rings. The molecule has 1 fully saturated rings. The molecule has 1 N–H and O–H groups in total. The Morgan fingerprint density at radius 3 is 2.60 bits per heavy atom. The van der Waals surface area contributed by atoms with E-state index >= 15 is 0 Å². The maximum atomic E-state index is 11.4. The molecule has 7 nitrogen and oxygen atoms in total. The predicted octanol–water partition coefficient (Wildman–Crippen LogP) is 0.675. The minimum absolute atomic E-state index is 0.115. The summed E-state index contributed by atoms with van der Waals surface area (Å²) in [5.74, 6) is -0.503. The summed E-state index contributed by atoms with van der Waals surface area (Å²) in [7, 11) is 1.59. The number of carbonyl (C=O) groups is 1. The van der Waals surface area contributed by atoms with Gasteiger partial charge in [-0.05, 0) is 12.8 Å². The first-order valence-electron chi connectivity index (χ1n) is 6.85. The van der Waals surface area contributed by atoms with Crippen LogP contribution >= 0.6 is 0 Å². The van der Waals surface area contributed by atoms with Gasteiger partial charge in [-0.25, -0.2) is 9.78 Å². The molecule has 1 aromatic heterocycles. The quantitative estimate of drug-likeness (QED) is 0.848. The van der Waals surface area contributed by atoms with E-state index in [0.29, 0.717) is 18.9 Å². The number of hydrogen-bond donors (Lipinski definition) is 1. The van der Waals surface area contributed by atoms with Gasteiger partial charge in [0.1, 0.15) is 6.04 Å². The Bertz CT molecular complexity index is 495. The molecule has 1 aromatic rings. The number of aryl methyl sites for hydroxylation is 2. The lowest BCUT2D eigenvalue weighted by molar-refractivity contribution is -0.138. The molecule has 0 aliphatic carbocycles. The Labute approximate surface area is 118 Å². The average molecular weight is 280 g/mol. The van der Waals surface area contributed by atoms with Crippen LogP contribution in [0.3, 0.4) is 0 Å². The summed E-state index contributed by atoms with van der Waals surface area (Å²) in [6.45, 7) is 4.48. The van der Waals surface area contributed by atoms with Gasteiger partial charge in [-0.2, -0.15) is 5.10 Å². The van der Waals surface area contributed by atoms with Crippen molar-refractivity contribution in [3.05, 3.63) is 11.4 Å². The number of carboxylic acid groups (broad SMARTS) is 1. The summed E-state index contributed by atoms with van der Waals surface area (Å²) in [5, 5.41) is 17.6. The summed E-state index contributed by atoms with van der Waals surface area (Å²) in [5.41, 5.74) is 1.74. The lowest BCUT2D eigenvalue weighted by atomic mass is 10.2. The second-order valence-corrected chi connectivity index (χ2v) is 4.81. The van der Waals surface area contributed by atoms with Gasteiger partial charge in [0, 0.05) is 20.1 Å². The van der Waals surface area contributed by atoms with Crippen LogP contribution in [0, 0.1) is 0 Å². The molecular weight excluding hydrogens is 260 g/mol. The van der Waals surface area contributed by atoms with Crippen LogP contribution in [-0.4, -0.2) is 52.1 Å². The van der Waals surface area contributed by atoms with Gasteiger partial charge in [-0.3, -0.25) is 0 Å². The number of aromatic nitrogens is 3. The van der Waals surface area contributed by atoms with Crippen LogP contribution in [0.5, 0.6) is 0 Å². The van der Waals surface area contributed by atoms with Crippen LogP contribution in [0.2, 0.25) is 0 Å². The fourth-order valence-corrected chi connectivity index (χ4v) is 2.47. The van der Waals surface area contributed by atoms with Crippen LogP contribution in [0.4, 0.5) is 5.95 Å². The largest absolute Gasteiger partial charge is 0.480 e. The number of methoxy groups -OCH3 is 1. The van der Waals surface area contributed by atoms with Gasteiger partial charge in [0.15, 0.2) is 0 Å². The van der Waals surface area contributed by atoms with Crippen molar-refractivity contribution in [3.63, 3.8) is 0 Å². The summed E-state index contributed by atoms with van der Waals surface area (Å²) in [4.78, 5) is 17.5. The van der Waals surface area contributed by atoms with Crippen LogP contribution in [-0.2, 0) is 22.4 Å². The molecule has 2 atom stereocenters. The maximum absolute atomic E-state index is 11.4. The topological polar surface area (TPSA) is 88.4 Å². The lowest BCUT2D eigenvalue weighted by Crippen LogP contribution is -2.37. The predicted molar refractivity (Wildman–Crippen MR) is 72.8 cm³/mol. The molecule has 0 saturated carbocycles. The van der Waals surface area contributed by atoms with Gasteiger partial charge < -0.3 is 14.7 Å². The minimum atomic E-state index is -0.884. The van der Waals surface area contributed by atoms with Crippen molar-refractivity contribution < 1.29 is 14.6 Å². The van der Waals surface area contributed by atoms with Gasteiger partial charge in [0.2, 0.25) is 5.95 Å². The van der Waals surface area contributed by atoms with E-state index in [1.54, 1.807) is 12.0 Å². The third-order valence-corrected chi connectivity index (χ3v) is 3.64. The molecule has 1 saturated heterocycles. The zero-order chi connectivity index (χ0) is 14.7. The van der Waals surface area contributed by atoms with E-state index < -0.39 is 12.0 Å². The fraction of sp³-hybridized carbons (Fsp3) is 0.692. The van der Waals surface area contributed by atoms with E-state index in [0.717, 1.165) is 24.2 Å². The number of hydrogen-bond acceptors (Lipinski definition) is 6. The first-order valence-corrected chi connectivity index (χ1v) is 6.85. The van der Waals surface area contributed by atoms with Crippen LogP contribution in [0.15, 0.2) is 0 Å². The molecule has 7 heteroatoms. The van der Waals surface area contributed by atoms with Crippen molar-refractivity contribution in [1.29, 1.82) is 0 Å². The maximum Gasteiger partial charge on any atom is 0.326 e. The first kappa shape index (κ1) is 14.6. The summed E-state index contributed by atoms with van der Waals surface area (Å²) < 4.78 is 5.26. The lowest BCUT2D eigenvalue weighted by Gasteiger charge is -2.21. The summed E-state index contributed by atoms with van der Waals surface area (Å²) in [6, 6.07) is -0.654. The van der Waals surface area contributed by atoms with E-state index in [1.807, 2.05) is 13.8 Å².